The molecule has 3 rings (SSSR count). The Labute approximate surface area is 130 Å². The molecule has 0 unspecified atom stereocenters. The fourth-order valence-corrected chi connectivity index (χ4v) is 2.54. The minimum Gasteiger partial charge on any atom is -0.379 e. The maximum Gasteiger partial charge on any atom is 0.137 e. The molecule has 0 aliphatic rings. The van der Waals surface area contributed by atoms with Crippen LogP contribution in [0.1, 0.15) is 11.3 Å². The monoisotopic (exact) mass is 349 g/mol. The molecule has 3 nitrogen and oxygen atoms in total. The SMILES string of the molecule is Cc1ccc(NCc2cn3cc(Cl)ccc3n2)cc1Br. The molecule has 5 heteroatoms. The maximum absolute atomic E-state index is 5.96. The van der Waals surface area contributed by atoms with E-state index in [1.54, 1.807) is 0 Å². The average molecular weight is 351 g/mol. The molecule has 2 aromatic heterocycles. The number of aryl methyl sites for hydroxylation is 1. The molecule has 1 aromatic carbocycles. The normalized spacial score (nSPS) is 10.9. The third kappa shape index (κ3) is 2.81. The van der Waals surface area contributed by atoms with E-state index in [0.717, 1.165) is 21.5 Å². The van der Waals surface area contributed by atoms with E-state index in [0.29, 0.717) is 11.6 Å². The standard InChI is InChI=1S/C15H13BrClN3/c1-10-2-4-12(6-14(10)16)18-7-13-9-20-8-11(17)3-5-15(20)19-13/h2-6,8-9,18H,7H2,1H3. The summed E-state index contributed by atoms with van der Waals surface area (Å²) in [6.45, 7) is 2.74. The lowest BCUT2D eigenvalue weighted by Gasteiger charge is -2.06. The van der Waals surface area contributed by atoms with Gasteiger partial charge in [0.15, 0.2) is 0 Å². The van der Waals surface area contributed by atoms with Crippen LogP contribution in [0.5, 0.6) is 0 Å². The summed E-state index contributed by atoms with van der Waals surface area (Å²) >= 11 is 9.50. The summed E-state index contributed by atoms with van der Waals surface area (Å²) in [5.41, 5.74) is 4.16. The quantitative estimate of drug-likeness (QED) is 0.743. The highest BCUT2D eigenvalue weighted by Gasteiger charge is 2.03. The zero-order valence-electron chi connectivity index (χ0n) is 10.9. The van der Waals surface area contributed by atoms with Crippen LogP contribution >= 0.6 is 27.5 Å². The first-order valence-electron chi connectivity index (χ1n) is 6.25. The Morgan fingerprint density at radius 2 is 2.10 bits per heavy atom. The molecule has 20 heavy (non-hydrogen) atoms. The topological polar surface area (TPSA) is 29.3 Å². The van der Waals surface area contributed by atoms with Crippen LogP contribution in [0, 0.1) is 6.92 Å². The van der Waals surface area contributed by atoms with Crippen molar-refractivity contribution in [2.24, 2.45) is 0 Å². The first kappa shape index (κ1) is 13.5. The van der Waals surface area contributed by atoms with Gasteiger partial charge in [0.05, 0.1) is 17.3 Å². The molecule has 0 radical (unpaired) electrons. The molecule has 102 valence electrons. The van der Waals surface area contributed by atoms with Crippen LogP contribution in [0.25, 0.3) is 5.65 Å². The van der Waals surface area contributed by atoms with Crippen molar-refractivity contribution in [1.29, 1.82) is 0 Å². The zero-order chi connectivity index (χ0) is 14.1. The van der Waals surface area contributed by atoms with Crippen molar-refractivity contribution >= 4 is 38.9 Å². The fraction of sp³-hybridized carbons (Fsp3) is 0.133. The second kappa shape index (κ2) is 5.46. The molecular formula is C15H13BrClN3. The number of benzene rings is 1. The van der Waals surface area contributed by atoms with Crippen LogP contribution in [0.4, 0.5) is 5.69 Å². The molecule has 0 aliphatic heterocycles. The van der Waals surface area contributed by atoms with Crippen LogP contribution in [0.15, 0.2) is 47.2 Å². The van der Waals surface area contributed by atoms with Crippen molar-refractivity contribution in [3.8, 4) is 0 Å². The van der Waals surface area contributed by atoms with Gasteiger partial charge in [-0.2, -0.15) is 0 Å². The minimum absolute atomic E-state index is 0.675. The lowest BCUT2D eigenvalue weighted by molar-refractivity contribution is 1.08. The molecule has 1 N–H and O–H groups in total. The molecule has 2 heterocycles. The molecule has 0 aliphatic carbocycles. The number of fused-ring (bicyclic) bond motifs is 1. The molecule has 3 aromatic rings. The van der Waals surface area contributed by atoms with Gasteiger partial charge >= 0.3 is 0 Å². The highest BCUT2D eigenvalue weighted by Crippen LogP contribution is 2.21. The Morgan fingerprint density at radius 3 is 2.90 bits per heavy atom. The summed E-state index contributed by atoms with van der Waals surface area (Å²) < 4.78 is 3.04. The number of imidazole rings is 1. The van der Waals surface area contributed by atoms with Gasteiger partial charge in [0, 0.05) is 22.6 Å². The second-order valence-corrected chi connectivity index (χ2v) is 5.95. The Kier molecular flexibility index (Phi) is 3.68. The van der Waals surface area contributed by atoms with Crippen molar-refractivity contribution in [1.82, 2.24) is 9.38 Å². The highest BCUT2D eigenvalue weighted by atomic mass is 79.9. The Bertz CT molecular complexity index is 767. The van der Waals surface area contributed by atoms with E-state index < -0.39 is 0 Å². The van der Waals surface area contributed by atoms with Crippen LogP contribution in [0.3, 0.4) is 0 Å². The predicted molar refractivity (Wildman–Crippen MR) is 86.4 cm³/mol. The first-order valence-corrected chi connectivity index (χ1v) is 7.42. The molecule has 0 amide bonds. The number of aromatic nitrogens is 2. The van der Waals surface area contributed by atoms with E-state index in [1.165, 1.54) is 5.56 Å². The molecule has 0 spiro atoms. The first-order chi connectivity index (χ1) is 9.61. The van der Waals surface area contributed by atoms with Crippen LogP contribution in [0.2, 0.25) is 5.02 Å². The Morgan fingerprint density at radius 1 is 1.25 bits per heavy atom. The van der Waals surface area contributed by atoms with E-state index in [9.17, 15) is 0 Å². The van der Waals surface area contributed by atoms with Gasteiger partial charge in [0.1, 0.15) is 5.65 Å². The number of nitrogens with one attached hydrogen (secondary N) is 1. The van der Waals surface area contributed by atoms with Crippen LogP contribution in [-0.2, 0) is 6.54 Å². The Hall–Kier alpha value is -1.52. The largest absolute Gasteiger partial charge is 0.379 e. The van der Waals surface area contributed by atoms with Gasteiger partial charge in [-0.05, 0) is 36.8 Å². The van der Waals surface area contributed by atoms with Crippen molar-refractivity contribution < 1.29 is 0 Å². The number of nitrogens with zero attached hydrogens (tertiary/aromatic N) is 2. The van der Waals surface area contributed by atoms with E-state index in [1.807, 2.05) is 28.9 Å². The van der Waals surface area contributed by atoms with Crippen molar-refractivity contribution in [2.75, 3.05) is 5.32 Å². The number of rotatable bonds is 3. The van der Waals surface area contributed by atoms with E-state index in [4.69, 9.17) is 11.6 Å². The van der Waals surface area contributed by atoms with Gasteiger partial charge < -0.3 is 9.72 Å². The molecular weight excluding hydrogens is 338 g/mol. The van der Waals surface area contributed by atoms with Crippen molar-refractivity contribution in [3.05, 3.63) is 63.5 Å². The molecule has 0 fully saturated rings. The van der Waals surface area contributed by atoms with E-state index in [2.05, 4.69) is 51.4 Å². The summed E-state index contributed by atoms with van der Waals surface area (Å²) in [6.07, 6.45) is 3.84. The average Bonchev–Trinajstić information content (AvgIpc) is 2.82. The van der Waals surface area contributed by atoms with E-state index >= 15 is 0 Å². The number of pyridine rings is 1. The molecule has 0 saturated carbocycles. The number of hydrogen-bond donors (Lipinski definition) is 1. The number of hydrogen-bond acceptors (Lipinski definition) is 2. The van der Waals surface area contributed by atoms with Gasteiger partial charge in [0.25, 0.3) is 0 Å². The van der Waals surface area contributed by atoms with Gasteiger partial charge in [0.2, 0.25) is 0 Å². The summed E-state index contributed by atoms with van der Waals surface area (Å²) in [6, 6.07) is 9.97. The third-order valence-electron chi connectivity index (χ3n) is 3.11. The number of halogens is 2. The lowest BCUT2D eigenvalue weighted by Crippen LogP contribution is -1.99. The van der Waals surface area contributed by atoms with Crippen LogP contribution in [-0.4, -0.2) is 9.38 Å². The zero-order valence-corrected chi connectivity index (χ0v) is 13.2. The number of anilines is 1. The van der Waals surface area contributed by atoms with Crippen LogP contribution < -0.4 is 5.32 Å². The predicted octanol–water partition coefficient (Wildman–Crippen LogP) is 4.67. The maximum atomic E-state index is 5.96. The Balaban J connectivity index is 1.77. The van der Waals surface area contributed by atoms with E-state index in [-0.39, 0.29) is 0 Å². The smallest absolute Gasteiger partial charge is 0.137 e. The third-order valence-corrected chi connectivity index (χ3v) is 4.19. The van der Waals surface area contributed by atoms with Gasteiger partial charge in [-0.1, -0.05) is 33.6 Å². The summed E-state index contributed by atoms with van der Waals surface area (Å²) in [5.74, 6) is 0. The van der Waals surface area contributed by atoms with Gasteiger partial charge in [-0.3, -0.25) is 0 Å². The second-order valence-electron chi connectivity index (χ2n) is 4.66. The fourth-order valence-electron chi connectivity index (χ4n) is 2.00. The summed E-state index contributed by atoms with van der Waals surface area (Å²) in [7, 11) is 0. The lowest BCUT2D eigenvalue weighted by atomic mass is 10.2. The van der Waals surface area contributed by atoms with Gasteiger partial charge in [-0.25, -0.2) is 4.98 Å². The van der Waals surface area contributed by atoms with Gasteiger partial charge in [-0.15, -0.1) is 0 Å². The summed E-state index contributed by atoms with van der Waals surface area (Å²) in [4.78, 5) is 4.54. The molecule has 0 saturated heterocycles. The molecule has 0 atom stereocenters. The summed E-state index contributed by atoms with van der Waals surface area (Å²) in [5, 5.41) is 4.07. The van der Waals surface area contributed by atoms with Crippen molar-refractivity contribution in [3.63, 3.8) is 0 Å². The molecule has 0 bridgehead atoms. The minimum atomic E-state index is 0.675. The van der Waals surface area contributed by atoms with Crippen molar-refractivity contribution in [2.45, 2.75) is 13.5 Å². The highest BCUT2D eigenvalue weighted by molar-refractivity contribution is 9.10.